The summed E-state index contributed by atoms with van der Waals surface area (Å²) in [5.74, 6) is 0.150. The first-order valence-electron chi connectivity index (χ1n) is 8.74. The molecule has 0 aliphatic rings. The maximum absolute atomic E-state index is 12.7. The van der Waals surface area contributed by atoms with E-state index < -0.39 is 6.04 Å². The number of carbonyl (C=O) groups is 1. The number of ether oxygens (including phenoxy) is 1. The number of hydrogen-bond acceptors (Lipinski definition) is 4. The molecule has 0 aliphatic carbocycles. The average Bonchev–Trinajstić information content (AvgIpc) is 2.64. The van der Waals surface area contributed by atoms with Gasteiger partial charge in [0, 0.05) is 6.54 Å². The average molecular weight is 395 g/mol. The summed E-state index contributed by atoms with van der Waals surface area (Å²) >= 11 is 12.5. The molecule has 1 N–H and O–H groups in total. The maximum Gasteiger partial charge on any atom is 0.333 e. The lowest BCUT2D eigenvalue weighted by molar-refractivity contribution is -0.135. The van der Waals surface area contributed by atoms with E-state index in [2.05, 4.69) is 24.1 Å². The fourth-order valence-electron chi connectivity index (χ4n) is 2.59. The zero-order valence-corrected chi connectivity index (χ0v) is 16.6. The van der Waals surface area contributed by atoms with Crippen LogP contribution in [0, 0.1) is 0 Å². The largest absolute Gasteiger partial charge is 0.425 e. The predicted molar refractivity (Wildman–Crippen MR) is 108 cm³/mol. The second-order valence-corrected chi connectivity index (χ2v) is 6.66. The molecular formula is C20H24Cl2N2O2. The van der Waals surface area contributed by atoms with Crippen molar-refractivity contribution in [2.24, 2.45) is 0 Å². The summed E-state index contributed by atoms with van der Waals surface area (Å²) in [6.45, 7) is 6.79. The lowest BCUT2D eigenvalue weighted by Gasteiger charge is -2.24. The Hall–Kier alpha value is -1.75. The van der Waals surface area contributed by atoms with Gasteiger partial charge in [-0.25, -0.2) is 4.79 Å². The monoisotopic (exact) mass is 394 g/mol. The van der Waals surface area contributed by atoms with Crippen LogP contribution in [0.25, 0.3) is 0 Å². The fourth-order valence-corrected chi connectivity index (χ4v) is 3.09. The van der Waals surface area contributed by atoms with Crippen LogP contribution in [0.4, 0.5) is 5.69 Å². The number of rotatable bonds is 9. The molecule has 0 aliphatic heterocycles. The molecule has 0 saturated heterocycles. The molecular weight excluding hydrogens is 371 g/mol. The summed E-state index contributed by atoms with van der Waals surface area (Å²) in [6.07, 6.45) is 0.578. The summed E-state index contributed by atoms with van der Waals surface area (Å²) in [4.78, 5) is 15.0. The molecule has 0 amide bonds. The molecule has 0 aromatic heterocycles. The van der Waals surface area contributed by atoms with Gasteiger partial charge in [0.25, 0.3) is 0 Å². The molecule has 2 aromatic carbocycles. The van der Waals surface area contributed by atoms with E-state index in [1.54, 1.807) is 30.3 Å². The van der Waals surface area contributed by atoms with E-state index in [0.717, 1.165) is 19.6 Å². The predicted octanol–water partition coefficient (Wildman–Crippen LogP) is 5.11. The van der Waals surface area contributed by atoms with Crippen molar-refractivity contribution in [2.45, 2.75) is 26.3 Å². The number of esters is 1. The molecule has 1 atom stereocenters. The van der Waals surface area contributed by atoms with Crippen molar-refractivity contribution in [3.63, 3.8) is 0 Å². The third-order valence-corrected chi connectivity index (χ3v) is 4.79. The zero-order valence-electron chi connectivity index (χ0n) is 15.0. The quantitative estimate of drug-likeness (QED) is 0.473. The van der Waals surface area contributed by atoms with Crippen molar-refractivity contribution in [2.75, 3.05) is 25.0 Å². The van der Waals surface area contributed by atoms with E-state index in [0.29, 0.717) is 27.9 Å². The first kappa shape index (κ1) is 20.6. The Morgan fingerprint density at radius 2 is 1.65 bits per heavy atom. The van der Waals surface area contributed by atoms with Gasteiger partial charge in [0.2, 0.25) is 0 Å². The van der Waals surface area contributed by atoms with E-state index >= 15 is 0 Å². The molecule has 26 heavy (non-hydrogen) atoms. The van der Waals surface area contributed by atoms with Crippen LogP contribution in [0.3, 0.4) is 0 Å². The summed E-state index contributed by atoms with van der Waals surface area (Å²) in [7, 11) is 0. The van der Waals surface area contributed by atoms with E-state index in [1.165, 1.54) is 0 Å². The second kappa shape index (κ2) is 10.4. The van der Waals surface area contributed by atoms with Crippen molar-refractivity contribution < 1.29 is 9.53 Å². The van der Waals surface area contributed by atoms with Crippen molar-refractivity contribution >= 4 is 34.9 Å². The summed E-state index contributed by atoms with van der Waals surface area (Å²) in [5.41, 5.74) is 0.547. The SMILES string of the molecule is CCN(CC)CCC(Nc1c(Cl)cccc1Cl)C(=O)Oc1ccccc1. The van der Waals surface area contributed by atoms with E-state index in [9.17, 15) is 4.79 Å². The van der Waals surface area contributed by atoms with Crippen molar-refractivity contribution in [1.82, 2.24) is 4.90 Å². The maximum atomic E-state index is 12.7. The van der Waals surface area contributed by atoms with Gasteiger partial charge in [0.1, 0.15) is 11.8 Å². The molecule has 0 heterocycles. The number of nitrogens with zero attached hydrogens (tertiary/aromatic N) is 1. The van der Waals surface area contributed by atoms with Crippen LogP contribution in [0.2, 0.25) is 10.0 Å². The minimum atomic E-state index is -0.562. The lowest BCUT2D eigenvalue weighted by Crippen LogP contribution is -2.37. The molecule has 0 spiro atoms. The second-order valence-electron chi connectivity index (χ2n) is 5.84. The Kier molecular flexibility index (Phi) is 8.23. The van der Waals surface area contributed by atoms with Crippen LogP contribution in [-0.2, 0) is 4.79 Å². The highest BCUT2D eigenvalue weighted by Crippen LogP contribution is 2.31. The van der Waals surface area contributed by atoms with Gasteiger partial charge in [-0.1, -0.05) is 61.3 Å². The van der Waals surface area contributed by atoms with Crippen molar-refractivity contribution in [1.29, 1.82) is 0 Å². The third-order valence-electron chi connectivity index (χ3n) is 4.16. The smallest absolute Gasteiger partial charge is 0.333 e. The first-order chi connectivity index (χ1) is 12.5. The third kappa shape index (κ3) is 5.90. The molecule has 4 nitrogen and oxygen atoms in total. The van der Waals surface area contributed by atoms with Crippen molar-refractivity contribution in [3.8, 4) is 5.75 Å². The van der Waals surface area contributed by atoms with Crippen LogP contribution in [0.1, 0.15) is 20.3 Å². The van der Waals surface area contributed by atoms with Crippen LogP contribution < -0.4 is 10.1 Å². The topological polar surface area (TPSA) is 41.6 Å². The Balaban J connectivity index is 2.16. The first-order valence-corrected chi connectivity index (χ1v) is 9.50. The van der Waals surface area contributed by atoms with Gasteiger partial charge in [-0.15, -0.1) is 0 Å². The summed E-state index contributed by atoms with van der Waals surface area (Å²) in [5, 5.41) is 4.11. The van der Waals surface area contributed by atoms with Crippen LogP contribution >= 0.6 is 23.2 Å². The molecule has 1 unspecified atom stereocenters. The molecule has 0 bridgehead atoms. The molecule has 0 saturated carbocycles. The van der Waals surface area contributed by atoms with Gasteiger partial charge in [-0.05, 0) is 43.8 Å². The van der Waals surface area contributed by atoms with Gasteiger partial charge in [-0.3, -0.25) is 0 Å². The number of hydrogen-bond donors (Lipinski definition) is 1. The van der Waals surface area contributed by atoms with Gasteiger partial charge in [-0.2, -0.15) is 0 Å². The Bertz CT molecular complexity index is 686. The minimum absolute atomic E-state index is 0.362. The van der Waals surface area contributed by atoms with E-state index in [4.69, 9.17) is 27.9 Å². The van der Waals surface area contributed by atoms with Gasteiger partial charge < -0.3 is 15.0 Å². The standard InChI is InChI=1S/C20H24Cl2N2O2/c1-3-24(4-2)14-13-18(20(25)26-15-9-6-5-7-10-15)23-19-16(21)11-8-12-17(19)22/h5-12,18,23H,3-4,13-14H2,1-2H3. The summed E-state index contributed by atoms with van der Waals surface area (Å²) < 4.78 is 5.52. The molecule has 140 valence electrons. The number of halogens is 2. The molecule has 0 radical (unpaired) electrons. The fraction of sp³-hybridized carbons (Fsp3) is 0.350. The van der Waals surface area contributed by atoms with E-state index in [-0.39, 0.29) is 5.97 Å². The van der Waals surface area contributed by atoms with Crippen LogP contribution in [0.15, 0.2) is 48.5 Å². The molecule has 6 heteroatoms. The number of benzene rings is 2. The number of nitrogens with one attached hydrogen (secondary N) is 1. The van der Waals surface area contributed by atoms with Gasteiger partial charge in [0.15, 0.2) is 0 Å². The van der Waals surface area contributed by atoms with Crippen LogP contribution in [0.5, 0.6) is 5.75 Å². The molecule has 2 aromatic rings. The van der Waals surface area contributed by atoms with Crippen molar-refractivity contribution in [3.05, 3.63) is 58.6 Å². The minimum Gasteiger partial charge on any atom is -0.425 e. The molecule has 2 rings (SSSR count). The van der Waals surface area contributed by atoms with Gasteiger partial charge in [0.05, 0.1) is 15.7 Å². The van der Waals surface area contributed by atoms with Crippen LogP contribution in [-0.4, -0.2) is 36.5 Å². The Labute approximate surface area is 165 Å². The Morgan fingerprint density at radius 1 is 1.04 bits per heavy atom. The molecule has 0 fully saturated rings. The van der Waals surface area contributed by atoms with E-state index in [1.807, 2.05) is 18.2 Å². The summed E-state index contributed by atoms with van der Waals surface area (Å²) in [6, 6.07) is 13.7. The number of anilines is 1. The highest BCUT2D eigenvalue weighted by atomic mass is 35.5. The zero-order chi connectivity index (χ0) is 18.9. The normalized spacial score (nSPS) is 12.0. The Morgan fingerprint density at radius 3 is 2.23 bits per heavy atom. The number of para-hydroxylation sites is 2. The number of carbonyl (C=O) groups excluding carboxylic acids is 1. The highest BCUT2D eigenvalue weighted by Gasteiger charge is 2.23. The lowest BCUT2D eigenvalue weighted by atomic mass is 10.1. The highest BCUT2D eigenvalue weighted by molar-refractivity contribution is 6.39. The van der Waals surface area contributed by atoms with Gasteiger partial charge >= 0.3 is 5.97 Å².